The van der Waals surface area contributed by atoms with Gasteiger partial charge in [-0.2, -0.15) is 4.31 Å². The van der Waals surface area contributed by atoms with Gasteiger partial charge in [0.25, 0.3) is 0 Å². The van der Waals surface area contributed by atoms with Crippen LogP contribution in [0.25, 0.3) is 0 Å². The highest BCUT2D eigenvalue weighted by Gasteiger charge is 2.32. The molecule has 1 heterocycles. The zero-order valence-electron chi connectivity index (χ0n) is 12.2. The van der Waals surface area contributed by atoms with Crippen molar-refractivity contribution >= 4 is 10.0 Å². The number of nitrogens with two attached hydrogens (primary N) is 1. The van der Waals surface area contributed by atoms with Crippen molar-refractivity contribution in [2.75, 3.05) is 32.9 Å². The molecule has 118 valence electrons. The monoisotopic (exact) mass is 314 g/mol. The van der Waals surface area contributed by atoms with Crippen molar-refractivity contribution in [3.63, 3.8) is 0 Å². The van der Waals surface area contributed by atoms with E-state index in [4.69, 9.17) is 15.2 Å². The van der Waals surface area contributed by atoms with Crippen LogP contribution in [0.5, 0.6) is 5.75 Å². The van der Waals surface area contributed by atoms with Gasteiger partial charge in [0.1, 0.15) is 12.4 Å². The van der Waals surface area contributed by atoms with Gasteiger partial charge in [0.15, 0.2) is 0 Å². The van der Waals surface area contributed by atoms with E-state index in [1.807, 2.05) is 6.92 Å². The predicted molar refractivity (Wildman–Crippen MR) is 79.8 cm³/mol. The highest BCUT2D eigenvalue weighted by molar-refractivity contribution is 7.89. The van der Waals surface area contributed by atoms with E-state index in [1.165, 1.54) is 4.31 Å². The van der Waals surface area contributed by atoms with Crippen LogP contribution in [0.1, 0.15) is 13.3 Å². The Hall–Kier alpha value is -1.15. The summed E-state index contributed by atoms with van der Waals surface area (Å²) in [6.07, 6.45) is 0.733. The molecule has 1 fully saturated rings. The number of nitrogens with zero attached hydrogens (tertiary/aromatic N) is 1. The summed E-state index contributed by atoms with van der Waals surface area (Å²) in [4.78, 5) is 0.281. The second kappa shape index (κ2) is 7.22. The fourth-order valence-electron chi connectivity index (χ4n) is 2.30. The molecule has 1 saturated heterocycles. The standard InChI is InChI=1S/C14H22N2O4S/c1-2-12-11-19-10-8-16(12)21(17,18)14-5-3-13(4-6-14)20-9-7-15/h3-6,12H,2,7-11,15H2,1H3. The quantitative estimate of drug-likeness (QED) is 0.841. The molecule has 21 heavy (non-hydrogen) atoms. The average Bonchev–Trinajstić information content (AvgIpc) is 2.53. The first kappa shape index (κ1) is 16.2. The summed E-state index contributed by atoms with van der Waals surface area (Å²) in [5.74, 6) is 0.619. The Morgan fingerprint density at radius 2 is 2.10 bits per heavy atom. The molecule has 6 nitrogen and oxygen atoms in total. The second-order valence-electron chi connectivity index (χ2n) is 4.86. The summed E-state index contributed by atoms with van der Waals surface area (Å²) in [5, 5.41) is 0. The molecular weight excluding hydrogens is 292 g/mol. The van der Waals surface area contributed by atoms with Crippen LogP contribution in [-0.2, 0) is 14.8 Å². The van der Waals surface area contributed by atoms with Crippen LogP contribution in [0, 0.1) is 0 Å². The van der Waals surface area contributed by atoms with Gasteiger partial charge in [-0.1, -0.05) is 6.92 Å². The molecule has 1 atom stereocenters. The van der Waals surface area contributed by atoms with E-state index in [0.717, 1.165) is 6.42 Å². The third-order valence-electron chi connectivity index (χ3n) is 3.46. The molecule has 1 aromatic carbocycles. The smallest absolute Gasteiger partial charge is 0.243 e. The summed E-state index contributed by atoms with van der Waals surface area (Å²) in [6.45, 7) is 4.08. The van der Waals surface area contributed by atoms with E-state index in [0.29, 0.717) is 38.7 Å². The van der Waals surface area contributed by atoms with Crippen LogP contribution in [0.15, 0.2) is 29.2 Å². The van der Waals surface area contributed by atoms with Crippen LogP contribution in [0.4, 0.5) is 0 Å². The van der Waals surface area contributed by atoms with E-state index in [9.17, 15) is 8.42 Å². The summed E-state index contributed by atoms with van der Waals surface area (Å²) >= 11 is 0. The minimum atomic E-state index is -3.49. The van der Waals surface area contributed by atoms with Gasteiger partial charge in [0.05, 0.1) is 18.1 Å². The lowest BCUT2D eigenvalue weighted by Gasteiger charge is -2.33. The molecule has 0 aromatic heterocycles. The van der Waals surface area contributed by atoms with Gasteiger partial charge < -0.3 is 15.2 Å². The Labute approximate surface area is 125 Å². The van der Waals surface area contributed by atoms with Gasteiger partial charge in [0.2, 0.25) is 10.0 Å². The van der Waals surface area contributed by atoms with Crippen LogP contribution in [0.2, 0.25) is 0 Å². The van der Waals surface area contributed by atoms with Crippen LogP contribution < -0.4 is 10.5 Å². The van der Waals surface area contributed by atoms with Gasteiger partial charge in [-0.15, -0.1) is 0 Å². The van der Waals surface area contributed by atoms with Crippen molar-refractivity contribution in [3.8, 4) is 5.75 Å². The highest BCUT2D eigenvalue weighted by Crippen LogP contribution is 2.23. The molecule has 0 aliphatic carbocycles. The molecule has 7 heteroatoms. The molecular formula is C14H22N2O4S. The van der Waals surface area contributed by atoms with Gasteiger partial charge in [-0.05, 0) is 30.7 Å². The van der Waals surface area contributed by atoms with Crippen molar-refractivity contribution in [3.05, 3.63) is 24.3 Å². The molecule has 0 saturated carbocycles. The van der Waals surface area contributed by atoms with Crippen molar-refractivity contribution < 1.29 is 17.9 Å². The van der Waals surface area contributed by atoms with Crippen molar-refractivity contribution in [2.24, 2.45) is 5.73 Å². The molecule has 0 radical (unpaired) electrons. The maximum atomic E-state index is 12.7. The minimum Gasteiger partial charge on any atom is -0.492 e. The molecule has 1 aliphatic rings. The number of morpholine rings is 1. The zero-order chi connectivity index (χ0) is 15.3. The fourth-order valence-corrected chi connectivity index (χ4v) is 3.97. The molecule has 0 bridgehead atoms. The predicted octanol–water partition coefficient (Wildman–Crippen LogP) is 0.824. The Morgan fingerprint density at radius 3 is 2.71 bits per heavy atom. The Balaban J connectivity index is 2.18. The van der Waals surface area contributed by atoms with Crippen molar-refractivity contribution in [2.45, 2.75) is 24.3 Å². The number of sulfonamides is 1. The Kier molecular flexibility index (Phi) is 5.58. The van der Waals surface area contributed by atoms with Crippen LogP contribution in [0.3, 0.4) is 0 Å². The Bertz CT molecular complexity index is 545. The highest BCUT2D eigenvalue weighted by atomic mass is 32.2. The van der Waals surface area contributed by atoms with Crippen LogP contribution >= 0.6 is 0 Å². The van der Waals surface area contributed by atoms with Crippen molar-refractivity contribution in [1.29, 1.82) is 0 Å². The van der Waals surface area contributed by atoms with E-state index < -0.39 is 10.0 Å². The van der Waals surface area contributed by atoms with E-state index >= 15 is 0 Å². The van der Waals surface area contributed by atoms with Crippen molar-refractivity contribution in [1.82, 2.24) is 4.31 Å². The first-order valence-corrected chi connectivity index (χ1v) is 8.56. The molecule has 0 spiro atoms. The number of rotatable bonds is 6. The third kappa shape index (κ3) is 3.74. The van der Waals surface area contributed by atoms with Gasteiger partial charge in [-0.3, -0.25) is 0 Å². The lowest BCUT2D eigenvalue weighted by Crippen LogP contribution is -2.48. The second-order valence-corrected chi connectivity index (χ2v) is 6.75. The average molecular weight is 314 g/mol. The van der Waals surface area contributed by atoms with E-state index in [2.05, 4.69) is 0 Å². The zero-order valence-corrected chi connectivity index (χ0v) is 13.0. The maximum absolute atomic E-state index is 12.7. The first-order valence-electron chi connectivity index (χ1n) is 7.12. The Morgan fingerprint density at radius 1 is 1.38 bits per heavy atom. The molecule has 0 amide bonds. The third-order valence-corrected chi connectivity index (χ3v) is 5.43. The summed E-state index contributed by atoms with van der Waals surface area (Å²) in [7, 11) is -3.49. The first-order chi connectivity index (χ1) is 10.1. The summed E-state index contributed by atoms with van der Waals surface area (Å²) in [5.41, 5.74) is 5.36. The minimum absolute atomic E-state index is 0.100. The summed E-state index contributed by atoms with van der Waals surface area (Å²) in [6, 6.07) is 6.36. The molecule has 1 aliphatic heterocycles. The number of ether oxygens (including phenoxy) is 2. The van der Waals surface area contributed by atoms with Gasteiger partial charge in [-0.25, -0.2) is 8.42 Å². The summed E-state index contributed by atoms with van der Waals surface area (Å²) < 4.78 is 37.6. The largest absolute Gasteiger partial charge is 0.492 e. The molecule has 1 unspecified atom stereocenters. The lowest BCUT2D eigenvalue weighted by molar-refractivity contribution is 0.0314. The number of benzene rings is 1. The SMILES string of the molecule is CCC1COCCN1S(=O)(=O)c1ccc(OCCN)cc1. The van der Waals surface area contributed by atoms with E-state index in [1.54, 1.807) is 24.3 Å². The molecule has 1 aromatic rings. The van der Waals surface area contributed by atoms with Gasteiger partial charge in [0, 0.05) is 19.1 Å². The van der Waals surface area contributed by atoms with E-state index in [-0.39, 0.29) is 10.9 Å². The topological polar surface area (TPSA) is 81.9 Å². The molecule has 2 rings (SSSR count). The molecule has 2 N–H and O–H groups in total. The normalized spacial score (nSPS) is 20.4. The van der Waals surface area contributed by atoms with Gasteiger partial charge >= 0.3 is 0 Å². The fraction of sp³-hybridized carbons (Fsp3) is 0.571. The lowest BCUT2D eigenvalue weighted by atomic mass is 10.2. The number of hydrogen-bond acceptors (Lipinski definition) is 5. The van der Waals surface area contributed by atoms with Crippen LogP contribution in [-0.4, -0.2) is 51.7 Å². The number of hydrogen-bond donors (Lipinski definition) is 1. The maximum Gasteiger partial charge on any atom is 0.243 e.